The van der Waals surface area contributed by atoms with E-state index in [0.29, 0.717) is 24.4 Å². The van der Waals surface area contributed by atoms with Crippen LogP contribution in [0.25, 0.3) is 0 Å². The highest BCUT2D eigenvalue weighted by molar-refractivity contribution is 7.80. The van der Waals surface area contributed by atoms with Crippen LogP contribution in [-0.4, -0.2) is 22.5 Å². The number of phenols is 1. The number of hydrogen-bond acceptors (Lipinski definition) is 3. The van der Waals surface area contributed by atoms with Gasteiger partial charge < -0.3 is 16.2 Å². The summed E-state index contributed by atoms with van der Waals surface area (Å²) in [4.78, 5) is 12.1. The molecule has 0 spiro atoms. The minimum Gasteiger partial charge on any atom is -0.507 e. The summed E-state index contributed by atoms with van der Waals surface area (Å²) in [5.74, 6) is -1.73. The first-order chi connectivity index (χ1) is 8.52. The van der Waals surface area contributed by atoms with Crippen LogP contribution in [0.2, 0.25) is 0 Å². The smallest absolute Gasteiger partial charge is 0.258 e. The maximum Gasteiger partial charge on any atom is 0.258 e. The quantitative estimate of drug-likeness (QED) is 0.543. The van der Waals surface area contributed by atoms with Crippen LogP contribution in [0.4, 0.5) is 4.39 Å². The molecule has 0 heterocycles. The van der Waals surface area contributed by atoms with Crippen molar-refractivity contribution in [3.05, 3.63) is 29.6 Å². The Morgan fingerprint density at radius 3 is 2.78 bits per heavy atom. The van der Waals surface area contributed by atoms with Crippen molar-refractivity contribution < 1.29 is 14.3 Å². The van der Waals surface area contributed by atoms with Crippen LogP contribution < -0.4 is 11.1 Å². The Morgan fingerprint density at radius 1 is 1.44 bits per heavy atom. The summed E-state index contributed by atoms with van der Waals surface area (Å²) >= 11 is 4.72. The lowest BCUT2D eigenvalue weighted by Gasteiger charge is -2.07. The molecular weight excluding hydrogens is 255 g/mol. The summed E-state index contributed by atoms with van der Waals surface area (Å²) in [6, 6.07) is 3.73. The number of hydrogen-bond donors (Lipinski definition) is 3. The molecule has 1 aromatic carbocycles. The number of rotatable bonds is 6. The largest absolute Gasteiger partial charge is 0.507 e. The number of nitrogens with two attached hydrogens (primary N) is 1. The highest BCUT2D eigenvalue weighted by Crippen LogP contribution is 2.19. The van der Waals surface area contributed by atoms with Gasteiger partial charge in [-0.1, -0.05) is 18.3 Å². The maximum absolute atomic E-state index is 13.3. The monoisotopic (exact) mass is 270 g/mol. The van der Waals surface area contributed by atoms with Crippen LogP contribution in [-0.2, 0) is 0 Å². The first-order valence-electron chi connectivity index (χ1n) is 5.56. The summed E-state index contributed by atoms with van der Waals surface area (Å²) in [5, 5.41) is 11.9. The number of benzene rings is 1. The number of thiocarbonyl (C=S) groups is 1. The van der Waals surface area contributed by atoms with Gasteiger partial charge in [0.1, 0.15) is 17.1 Å². The number of aromatic hydroxyl groups is 1. The van der Waals surface area contributed by atoms with E-state index in [0.717, 1.165) is 12.5 Å². The fourth-order valence-electron chi connectivity index (χ4n) is 1.45. The second-order valence-corrected chi connectivity index (χ2v) is 4.34. The normalized spacial score (nSPS) is 10.1. The fourth-order valence-corrected chi connectivity index (χ4v) is 1.60. The molecule has 0 atom stereocenters. The SMILES string of the molecule is NC(=S)CCCCNC(=O)c1c(O)cccc1F. The van der Waals surface area contributed by atoms with E-state index in [1.54, 1.807) is 0 Å². The molecule has 0 radical (unpaired) electrons. The second-order valence-electron chi connectivity index (χ2n) is 3.81. The van der Waals surface area contributed by atoms with Gasteiger partial charge in [0.25, 0.3) is 5.91 Å². The lowest BCUT2D eigenvalue weighted by Crippen LogP contribution is -2.25. The van der Waals surface area contributed by atoms with Crippen molar-refractivity contribution in [3.8, 4) is 5.75 Å². The molecule has 0 saturated heterocycles. The van der Waals surface area contributed by atoms with E-state index in [2.05, 4.69) is 5.32 Å². The molecule has 6 heteroatoms. The van der Waals surface area contributed by atoms with Crippen LogP contribution in [0.5, 0.6) is 5.75 Å². The van der Waals surface area contributed by atoms with Gasteiger partial charge in [0, 0.05) is 6.54 Å². The Morgan fingerprint density at radius 2 is 2.17 bits per heavy atom. The number of amides is 1. The zero-order valence-corrected chi connectivity index (χ0v) is 10.6. The van der Waals surface area contributed by atoms with Crippen LogP contribution in [0.15, 0.2) is 18.2 Å². The molecule has 1 aromatic rings. The Kier molecular flexibility index (Phi) is 5.51. The highest BCUT2D eigenvalue weighted by Gasteiger charge is 2.15. The summed E-state index contributed by atoms with van der Waals surface area (Å²) in [7, 11) is 0. The predicted octanol–water partition coefficient (Wildman–Crippen LogP) is 1.72. The molecule has 1 rings (SSSR count). The Bertz CT molecular complexity index is 431. The molecule has 0 aliphatic carbocycles. The molecule has 0 unspecified atom stereocenters. The first-order valence-corrected chi connectivity index (χ1v) is 5.97. The average Bonchev–Trinajstić information content (AvgIpc) is 2.27. The van der Waals surface area contributed by atoms with Crippen molar-refractivity contribution >= 4 is 23.1 Å². The molecular formula is C12H15FN2O2S. The fraction of sp³-hybridized carbons (Fsp3) is 0.333. The lowest BCUT2D eigenvalue weighted by atomic mass is 10.1. The Hall–Kier alpha value is -1.69. The van der Waals surface area contributed by atoms with Crippen LogP contribution in [0, 0.1) is 5.82 Å². The third-order valence-electron chi connectivity index (χ3n) is 2.35. The van der Waals surface area contributed by atoms with Crippen molar-refractivity contribution in [3.63, 3.8) is 0 Å². The second kappa shape index (κ2) is 6.90. The molecule has 4 nitrogen and oxygen atoms in total. The van der Waals surface area contributed by atoms with Gasteiger partial charge in [0.05, 0.1) is 4.99 Å². The first kappa shape index (κ1) is 14.4. The molecule has 0 bridgehead atoms. The van der Waals surface area contributed by atoms with Crippen molar-refractivity contribution in [2.75, 3.05) is 6.54 Å². The van der Waals surface area contributed by atoms with Gasteiger partial charge in [-0.25, -0.2) is 4.39 Å². The zero-order chi connectivity index (χ0) is 13.5. The van der Waals surface area contributed by atoms with Crippen LogP contribution in [0.1, 0.15) is 29.6 Å². The van der Waals surface area contributed by atoms with Crippen LogP contribution >= 0.6 is 12.2 Å². The number of carbonyl (C=O) groups excluding carboxylic acids is 1. The van der Waals surface area contributed by atoms with E-state index < -0.39 is 11.7 Å². The Balaban J connectivity index is 2.44. The van der Waals surface area contributed by atoms with E-state index >= 15 is 0 Å². The van der Waals surface area contributed by atoms with Gasteiger partial charge in [-0.05, 0) is 31.4 Å². The van der Waals surface area contributed by atoms with E-state index in [-0.39, 0.29) is 11.3 Å². The molecule has 1 amide bonds. The van der Waals surface area contributed by atoms with Crippen molar-refractivity contribution in [2.24, 2.45) is 5.73 Å². The molecule has 98 valence electrons. The lowest BCUT2D eigenvalue weighted by molar-refractivity contribution is 0.0946. The van der Waals surface area contributed by atoms with E-state index in [4.69, 9.17) is 18.0 Å². The van der Waals surface area contributed by atoms with E-state index in [1.807, 2.05) is 0 Å². The third kappa shape index (κ3) is 4.29. The number of unbranched alkanes of at least 4 members (excludes halogenated alkanes) is 1. The summed E-state index contributed by atoms with van der Waals surface area (Å²) in [6.07, 6.45) is 2.08. The van der Waals surface area contributed by atoms with E-state index in [1.165, 1.54) is 12.1 Å². The number of halogens is 1. The maximum atomic E-state index is 13.3. The standard InChI is InChI=1S/C12H15FN2O2S/c13-8-4-3-5-9(16)11(8)12(17)15-7-2-1-6-10(14)18/h3-5,16H,1-2,6-7H2,(H2,14,18)(H,15,17). The van der Waals surface area contributed by atoms with Crippen molar-refractivity contribution in [1.29, 1.82) is 0 Å². The van der Waals surface area contributed by atoms with Crippen LogP contribution in [0.3, 0.4) is 0 Å². The third-order valence-corrected chi connectivity index (χ3v) is 2.56. The molecule has 0 aromatic heterocycles. The highest BCUT2D eigenvalue weighted by atomic mass is 32.1. The van der Waals surface area contributed by atoms with Crippen molar-refractivity contribution in [2.45, 2.75) is 19.3 Å². The average molecular weight is 270 g/mol. The van der Waals surface area contributed by atoms with Gasteiger partial charge in [-0.2, -0.15) is 0 Å². The van der Waals surface area contributed by atoms with Gasteiger partial charge >= 0.3 is 0 Å². The molecule has 18 heavy (non-hydrogen) atoms. The molecule has 4 N–H and O–H groups in total. The van der Waals surface area contributed by atoms with Crippen molar-refractivity contribution in [1.82, 2.24) is 5.32 Å². The summed E-state index contributed by atoms with van der Waals surface area (Å²) < 4.78 is 13.3. The molecule has 0 saturated carbocycles. The minimum absolute atomic E-state index is 0.327. The molecule has 0 fully saturated rings. The molecule has 0 aliphatic heterocycles. The van der Waals surface area contributed by atoms with Gasteiger partial charge in [0.15, 0.2) is 0 Å². The van der Waals surface area contributed by atoms with Gasteiger partial charge in [0.2, 0.25) is 0 Å². The predicted molar refractivity (Wildman–Crippen MR) is 71.0 cm³/mol. The zero-order valence-electron chi connectivity index (χ0n) is 9.78. The van der Waals surface area contributed by atoms with Gasteiger partial charge in [-0.15, -0.1) is 0 Å². The van der Waals surface area contributed by atoms with Gasteiger partial charge in [-0.3, -0.25) is 4.79 Å². The topological polar surface area (TPSA) is 75.3 Å². The number of nitrogens with one attached hydrogen (secondary N) is 1. The molecule has 0 aliphatic rings. The summed E-state index contributed by atoms with van der Waals surface area (Å²) in [5.41, 5.74) is 5.00. The summed E-state index contributed by atoms with van der Waals surface area (Å²) in [6.45, 7) is 0.384. The van der Waals surface area contributed by atoms with E-state index in [9.17, 15) is 14.3 Å². The number of carbonyl (C=O) groups is 1. The number of phenolic OH excluding ortho intramolecular Hbond substituents is 1. The minimum atomic E-state index is -0.740. The Labute approximate surface area is 110 Å².